The van der Waals surface area contributed by atoms with E-state index in [2.05, 4.69) is 61.5 Å². The summed E-state index contributed by atoms with van der Waals surface area (Å²) < 4.78 is 0. The molecule has 3 aromatic carbocycles. The van der Waals surface area contributed by atoms with Crippen LogP contribution in [0.1, 0.15) is 5.56 Å². The summed E-state index contributed by atoms with van der Waals surface area (Å²) in [5, 5.41) is 5.04. The molecule has 0 atom stereocenters. The van der Waals surface area contributed by atoms with Crippen molar-refractivity contribution in [3.63, 3.8) is 0 Å². The van der Waals surface area contributed by atoms with E-state index in [1.807, 2.05) is 0 Å². The highest BCUT2D eigenvalue weighted by atomic mass is 14.0. The Kier molecular flexibility index (Phi) is 1.75. The Labute approximate surface area is 89.2 Å². The summed E-state index contributed by atoms with van der Waals surface area (Å²) in [6.45, 7) is 2.08. The molecule has 0 aliphatic carbocycles. The second-order valence-corrected chi connectivity index (χ2v) is 3.93. The van der Waals surface area contributed by atoms with Crippen LogP contribution in [0.3, 0.4) is 0 Å². The summed E-state index contributed by atoms with van der Waals surface area (Å²) >= 11 is 0. The van der Waals surface area contributed by atoms with Gasteiger partial charge in [-0.2, -0.15) is 0 Å². The minimum Gasteiger partial charge on any atom is -0.0616 e. The predicted molar refractivity (Wildman–Crippen MR) is 65.0 cm³/mol. The van der Waals surface area contributed by atoms with Gasteiger partial charge in [-0.1, -0.05) is 36.4 Å². The minimum absolute atomic E-state index is 1.19. The second kappa shape index (κ2) is 3.09. The molecule has 0 saturated carbocycles. The molecule has 3 aromatic rings. The van der Waals surface area contributed by atoms with Gasteiger partial charge >= 0.3 is 0 Å². The first kappa shape index (κ1) is 8.49. The Hall–Kier alpha value is -1.82. The molecule has 0 aliphatic heterocycles. The molecule has 0 unspecified atom stereocenters. The molecule has 0 bridgehead atoms. The van der Waals surface area contributed by atoms with Gasteiger partial charge < -0.3 is 0 Å². The van der Waals surface area contributed by atoms with Gasteiger partial charge in [0.15, 0.2) is 0 Å². The van der Waals surface area contributed by atoms with E-state index in [1.54, 1.807) is 0 Å². The van der Waals surface area contributed by atoms with Gasteiger partial charge in [0.2, 0.25) is 0 Å². The van der Waals surface area contributed by atoms with Crippen molar-refractivity contribution < 1.29 is 0 Å². The van der Waals surface area contributed by atoms with Crippen molar-refractivity contribution in [2.75, 3.05) is 0 Å². The lowest BCUT2D eigenvalue weighted by Gasteiger charge is -2.02. The summed E-state index contributed by atoms with van der Waals surface area (Å²) in [4.78, 5) is 0. The summed E-state index contributed by atoms with van der Waals surface area (Å²) in [5.41, 5.74) is 1.19. The number of hydrogen-bond donors (Lipinski definition) is 0. The van der Waals surface area contributed by atoms with Gasteiger partial charge in [-0.3, -0.25) is 0 Å². The lowest BCUT2D eigenvalue weighted by Crippen LogP contribution is -1.78. The third-order valence-corrected chi connectivity index (χ3v) is 2.76. The monoisotopic (exact) mass is 191 g/mol. The molecular formula is C15H11. The quantitative estimate of drug-likeness (QED) is 0.469. The second-order valence-electron chi connectivity index (χ2n) is 3.93. The molecule has 1 radical (unpaired) electrons. The minimum atomic E-state index is 1.19. The predicted octanol–water partition coefficient (Wildman–Crippen LogP) is 4.10. The van der Waals surface area contributed by atoms with E-state index in [0.717, 1.165) is 0 Å². The number of benzene rings is 3. The molecule has 0 heteroatoms. The summed E-state index contributed by atoms with van der Waals surface area (Å²) in [5.74, 6) is 0. The lowest BCUT2D eigenvalue weighted by atomic mass is 10.0. The fourth-order valence-corrected chi connectivity index (χ4v) is 1.97. The summed E-state index contributed by atoms with van der Waals surface area (Å²) in [6.07, 6.45) is 0. The Balaban J connectivity index is 2.47. The van der Waals surface area contributed by atoms with Crippen LogP contribution in [0.15, 0.2) is 48.5 Å². The van der Waals surface area contributed by atoms with Crippen LogP contribution in [0.25, 0.3) is 21.5 Å². The first-order valence-corrected chi connectivity index (χ1v) is 5.14. The third kappa shape index (κ3) is 1.39. The SMILES string of the molecule is Cc1[c]c2cc3ccccc3cc2cc1. The number of rotatable bonds is 0. The molecule has 15 heavy (non-hydrogen) atoms. The van der Waals surface area contributed by atoms with Crippen LogP contribution in [-0.2, 0) is 0 Å². The van der Waals surface area contributed by atoms with Gasteiger partial charge in [0.1, 0.15) is 0 Å². The van der Waals surface area contributed by atoms with Crippen LogP contribution >= 0.6 is 0 Å². The van der Waals surface area contributed by atoms with Crippen molar-refractivity contribution in [3.8, 4) is 0 Å². The first-order valence-electron chi connectivity index (χ1n) is 5.14. The molecular weight excluding hydrogens is 180 g/mol. The molecule has 0 fully saturated rings. The summed E-state index contributed by atoms with van der Waals surface area (Å²) in [6, 6.07) is 20.5. The van der Waals surface area contributed by atoms with Crippen LogP contribution in [0.4, 0.5) is 0 Å². The number of hydrogen-bond acceptors (Lipinski definition) is 0. The maximum atomic E-state index is 3.38. The van der Waals surface area contributed by atoms with Crippen molar-refractivity contribution in [2.45, 2.75) is 6.92 Å². The van der Waals surface area contributed by atoms with E-state index >= 15 is 0 Å². The summed E-state index contributed by atoms with van der Waals surface area (Å²) in [7, 11) is 0. The maximum absolute atomic E-state index is 3.38. The molecule has 0 amide bonds. The normalized spacial score (nSPS) is 11.0. The highest BCUT2D eigenvalue weighted by molar-refractivity contribution is 5.98. The average Bonchev–Trinajstić information content (AvgIpc) is 2.26. The van der Waals surface area contributed by atoms with E-state index in [-0.39, 0.29) is 0 Å². The maximum Gasteiger partial charge on any atom is -0.00670 e. The smallest absolute Gasteiger partial charge is 0.00670 e. The zero-order valence-corrected chi connectivity index (χ0v) is 8.62. The Bertz CT molecular complexity index is 636. The zero-order chi connectivity index (χ0) is 10.3. The average molecular weight is 191 g/mol. The van der Waals surface area contributed by atoms with Gasteiger partial charge in [0, 0.05) is 0 Å². The van der Waals surface area contributed by atoms with E-state index in [9.17, 15) is 0 Å². The van der Waals surface area contributed by atoms with E-state index in [1.165, 1.54) is 27.1 Å². The number of aryl methyl sites for hydroxylation is 1. The molecule has 0 heterocycles. The zero-order valence-electron chi connectivity index (χ0n) is 8.62. The fraction of sp³-hybridized carbons (Fsp3) is 0.0667. The van der Waals surface area contributed by atoms with Crippen molar-refractivity contribution in [1.82, 2.24) is 0 Å². The van der Waals surface area contributed by atoms with E-state index < -0.39 is 0 Å². The molecule has 71 valence electrons. The van der Waals surface area contributed by atoms with Gasteiger partial charge in [0.05, 0.1) is 0 Å². The van der Waals surface area contributed by atoms with Crippen LogP contribution in [0.5, 0.6) is 0 Å². The lowest BCUT2D eigenvalue weighted by molar-refractivity contribution is 1.50. The molecule has 0 aromatic heterocycles. The van der Waals surface area contributed by atoms with Crippen LogP contribution in [0, 0.1) is 13.0 Å². The largest absolute Gasteiger partial charge is 0.0616 e. The molecule has 0 aliphatic rings. The van der Waals surface area contributed by atoms with Crippen LogP contribution in [-0.4, -0.2) is 0 Å². The van der Waals surface area contributed by atoms with Gasteiger partial charge in [-0.25, -0.2) is 0 Å². The molecule has 0 saturated heterocycles. The Morgan fingerprint density at radius 3 is 2.33 bits per heavy atom. The van der Waals surface area contributed by atoms with Gasteiger partial charge in [-0.05, 0) is 52.2 Å². The van der Waals surface area contributed by atoms with Crippen LogP contribution in [0.2, 0.25) is 0 Å². The molecule has 0 spiro atoms. The number of fused-ring (bicyclic) bond motifs is 2. The first-order chi connectivity index (χ1) is 7.33. The van der Waals surface area contributed by atoms with Crippen molar-refractivity contribution in [3.05, 3.63) is 60.2 Å². The Morgan fingerprint density at radius 1 is 0.800 bits per heavy atom. The van der Waals surface area contributed by atoms with Gasteiger partial charge in [-0.15, -0.1) is 0 Å². The topological polar surface area (TPSA) is 0 Å². The molecule has 3 rings (SSSR count). The molecule has 0 nitrogen and oxygen atoms in total. The van der Waals surface area contributed by atoms with E-state index in [4.69, 9.17) is 0 Å². The van der Waals surface area contributed by atoms with Gasteiger partial charge in [0.25, 0.3) is 0 Å². The van der Waals surface area contributed by atoms with E-state index in [0.29, 0.717) is 0 Å². The van der Waals surface area contributed by atoms with Crippen molar-refractivity contribution in [2.24, 2.45) is 0 Å². The molecule has 0 N–H and O–H groups in total. The van der Waals surface area contributed by atoms with Crippen molar-refractivity contribution >= 4 is 21.5 Å². The van der Waals surface area contributed by atoms with Crippen LogP contribution < -0.4 is 0 Å². The fourth-order valence-electron chi connectivity index (χ4n) is 1.97. The highest BCUT2D eigenvalue weighted by Gasteiger charge is 1.97. The highest BCUT2D eigenvalue weighted by Crippen LogP contribution is 2.22. The standard InChI is InChI=1S/C15H11/c1-11-6-7-14-9-12-4-2-3-5-13(12)10-15(14)8-11/h2-7,9-10H,1H3. The third-order valence-electron chi connectivity index (χ3n) is 2.76. The van der Waals surface area contributed by atoms with Crippen molar-refractivity contribution in [1.29, 1.82) is 0 Å². The Morgan fingerprint density at radius 2 is 1.53 bits per heavy atom.